The third-order valence-corrected chi connectivity index (χ3v) is 3.96. The molecular formula is C18H18ClNO5. The molecule has 0 saturated heterocycles. The second-order valence-electron chi connectivity index (χ2n) is 5.17. The molecule has 2 N–H and O–H groups in total. The number of amides is 1. The molecule has 0 radical (unpaired) electrons. The highest BCUT2D eigenvalue weighted by molar-refractivity contribution is 6.33. The zero-order valence-electron chi connectivity index (χ0n) is 13.7. The molecule has 0 bridgehead atoms. The summed E-state index contributed by atoms with van der Waals surface area (Å²) in [5, 5.41) is 13.2. The van der Waals surface area contributed by atoms with Crippen LogP contribution in [0.25, 0.3) is 0 Å². The lowest BCUT2D eigenvalue weighted by Gasteiger charge is -2.22. The van der Waals surface area contributed by atoms with Crippen LogP contribution >= 0.6 is 11.6 Å². The molecule has 25 heavy (non-hydrogen) atoms. The highest BCUT2D eigenvalue weighted by Crippen LogP contribution is 2.22. The van der Waals surface area contributed by atoms with Crippen molar-refractivity contribution in [2.45, 2.75) is 12.1 Å². The maximum atomic E-state index is 12.4. The first kappa shape index (κ1) is 18.8. The van der Waals surface area contributed by atoms with E-state index in [0.717, 1.165) is 0 Å². The van der Waals surface area contributed by atoms with Crippen LogP contribution in [0.2, 0.25) is 5.02 Å². The van der Waals surface area contributed by atoms with Crippen molar-refractivity contribution in [3.8, 4) is 5.75 Å². The van der Waals surface area contributed by atoms with E-state index in [0.29, 0.717) is 11.3 Å². The van der Waals surface area contributed by atoms with Crippen LogP contribution in [0, 0.1) is 0 Å². The number of hydrogen-bond donors (Lipinski definition) is 2. The first-order valence-electron chi connectivity index (χ1n) is 7.43. The summed E-state index contributed by atoms with van der Waals surface area (Å²) >= 11 is 5.99. The highest BCUT2D eigenvalue weighted by Gasteiger charge is 2.31. The lowest BCUT2D eigenvalue weighted by atomic mass is 10.0. The number of halogens is 1. The van der Waals surface area contributed by atoms with Crippen molar-refractivity contribution in [1.29, 1.82) is 0 Å². The Kier molecular flexibility index (Phi) is 6.38. The van der Waals surface area contributed by atoms with Gasteiger partial charge in [-0.1, -0.05) is 35.9 Å². The summed E-state index contributed by atoms with van der Waals surface area (Å²) in [6.45, 7) is 0. The average Bonchev–Trinajstić information content (AvgIpc) is 2.65. The average molecular weight is 364 g/mol. The van der Waals surface area contributed by atoms with Crippen molar-refractivity contribution in [1.82, 2.24) is 5.32 Å². The highest BCUT2D eigenvalue weighted by atomic mass is 35.5. The predicted molar refractivity (Wildman–Crippen MR) is 92.7 cm³/mol. The fourth-order valence-electron chi connectivity index (χ4n) is 2.25. The number of aliphatic hydroxyl groups excluding tert-OH is 1. The Balaban J connectivity index is 2.24. The number of aliphatic hydroxyl groups is 1. The minimum atomic E-state index is -1.30. The topological polar surface area (TPSA) is 84.9 Å². The first-order valence-corrected chi connectivity index (χ1v) is 7.81. The van der Waals surface area contributed by atoms with E-state index in [9.17, 15) is 14.7 Å². The lowest BCUT2D eigenvalue weighted by molar-refractivity contribution is -0.146. The molecule has 0 saturated carbocycles. The van der Waals surface area contributed by atoms with Gasteiger partial charge in [0.15, 0.2) is 6.04 Å². The summed E-state index contributed by atoms with van der Waals surface area (Å²) in [6.07, 6.45) is -1.30. The maximum Gasteiger partial charge on any atom is 0.331 e. The molecule has 2 atom stereocenters. The number of carbonyl (C=O) groups is 2. The van der Waals surface area contributed by atoms with Gasteiger partial charge in [-0.2, -0.15) is 0 Å². The number of nitrogens with one attached hydrogen (secondary N) is 1. The Morgan fingerprint density at radius 3 is 2.28 bits per heavy atom. The third-order valence-electron chi connectivity index (χ3n) is 3.63. The van der Waals surface area contributed by atoms with Gasteiger partial charge in [0.25, 0.3) is 5.91 Å². The number of ether oxygens (including phenoxy) is 2. The van der Waals surface area contributed by atoms with Crippen LogP contribution in [0.4, 0.5) is 0 Å². The van der Waals surface area contributed by atoms with Crippen LogP contribution in [0.3, 0.4) is 0 Å². The van der Waals surface area contributed by atoms with Crippen molar-refractivity contribution in [2.75, 3.05) is 14.2 Å². The van der Waals surface area contributed by atoms with Gasteiger partial charge >= 0.3 is 5.97 Å². The summed E-state index contributed by atoms with van der Waals surface area (Å²) < 4.78 is 9.75. The van der Waals surface area contributed by atoms with Gasteiger partial charge in [0.2, 0.25) is 0 Å². The lowest BCUT2D eigenvalue weighted by Crippen LogP contribution is -2.45. The SMILES string of the molecule is COC(=O)C(NC(=O)c1ccccc1Cl)C(O)c1ccc(OC)cc1. The van der Waals surface area contributed by atoms with E-state index in [1.54, 1.807) is 42.5 Å². The zero-order chi connectivity index (χ0) is 18.4. The molecule has 0 aliphatic carbocycles. The predicted octanol–water partition coefficient (Wildman–Crippen LogP) is 2.35. The summed E-state index contributed by atoms with van der Waals surface area (Å²) in [5.41, 5.74) is 0.621. The molecule has 0 heterocycles. The largest absolute Gasteiger partial charge is 0.497 e. The van der Waals surface area contributed by atoms with Crippen molar-refractivity contribution in [2.24, 2.45) is 0 Å². The Morgan fingerprint density at radius 1 is 1.08 bits per heavy atom. The Bertz CT molecular complexity index is 747. The van der Waals surface area contributed by atoms with E-state index < -0.39 is 24.0 Å². The number of esters is 1. The molecule has 1 amide bonds. The summed E-state index contributed by atoms with van der Waals surface area (Å²) in [5.74, 6) is -0.761. The van der Waals surface area contributed by atoms with Gasteiger partial charge in [0, 0.05) is 0 Å². The molecule has 6 nitrogen and oxygen atoms in total. The van der Waals surface area contributed by atoms with E-state index >= 15 is 0 Å². The molecule has 2 unspecified atom stereocenters. The van der Waals surface area contributed by atoms with Crippen LogP contribution in [0.15, 0.2) is 48.5 Å². The Morgan fingerprint density at radius 2 is 1.72 bits per heavy atom. The minimum Gasteiger partial charge on any atom is -0.497 e. The third kappa shape index (κ3) is 4.49. The van der Waals surface area contributed by atoms with Crippen LogP contribution < -0.4 is 10.1 Å². The van der Waals surface area contributed by atoms with Crippen molar-refractivity contribution in [3.05, 3.63) is 64.7 Å². The fourth-order valence-corrected chi connectivity index (χ4v) is 2.47. The van der Waals surface area contributed by atoms with Gasteiger partial charge < -0.3 is 19.9 Å². The van der Waals surface area contributed by atoms with E-state index in [1.165, 1.54) is 20.3 Å². The number of methoxy groups -OCH3 is 2. The van der Waals surface area contributed by atoms with Gasteiger partial charge in [-0.05, 0) is 29.8 Å². The maximum absolute atomic E-state index is 12.4. The van der Waals surface area contributed by atoms with Gasteiger partial charge in [0.1, 0.15) is 11.9 Å². The molecule has 0 aliphatic heterocycles. The van der Waals surface area contributed by atoms with Gasteiger partial charge in [-0.25, -0.2) is 4.79 Å². The second-order valence-corrected chi connectivity index (χ2v) is 5.58. The van der Waals surface area contributed by atoms with Crippen molar-refractivity contribution >= 4 is 23.5 Å². The molecule has 2 rings (SSSR count). The van der Waals surface area contributed by atoms with E-state index in [2.05, 4.69) is 5.32 Å². The quantitative estimate of drug-likeness (QED) is 0.769. The number of rotatable bonds is 6. The van der Waals surface area contributed by atoms with Crippen molar-refractivity contribution in [3.63, 3.8) is 0 Å². The fraction of sp³-hybridized carbons (Fsp3) is 0.222. The zero-order valence-corrected chi connectivity index (χ0v) is 14.5. The smallest absolute Gasteiger partial charge is 0.331 e. The molecule has 0 aromatic heterocycles. The molecule has 0 fully saturated rings. The van der Waals surface area contributed by atoms with E-state index in [-0.39, 0.29) is 10.6 Å². The van der Waals surface area contributed by atoms with Gasteiger partial charge in [0.05, 0.1) is 24.8 Å². The van der Waals surface area contributed by atoms with Crippen LogP contribution in [-0.4, -0.2) is 37.2 Å². The van der Waals surface area contributed by atoms with Crippen LogP contribution in [0.5, 0.6) is 5.75 Å². The Labute approximate surface area is 150 Å². The first-order chi connectivity index (χ1) is 12.0. The second kappa shape index (κ2) is 8.50. The van der Waals surface area contributed by atoms with Crippen LogP contribution in [-0.2, 0) is 9.53 Å². The number of carbonyl (C=O) groups excluding carboxylic acids is 2. The normalized spacial score (nSPS) is 12.8. The number of benzene rings is 2. The number of hydrogen-bond acceptors (Lipinski definition) is 5. The van der Waals surface area contributed by atoms with Gasteiger partial charge in [-0.3, -0.25) is 4.79 Å². The molecule has 132 valence electrons. The monoisotopic (exact) mass is 363 g/mol. The standard InChI is InChI=1S/C18H18ClNO5/c1-24-12-9-7-11(8-10-12)16(21)15(18(23)25-2)20-17(22)13-5-3-4-6-14(13)19/h3-10,15-16,21H,1-2H3,(H,20,22). The van der Waals surface area contributed by atoms with Crippen molar-refractivity contribution < 1.29 is 24.2 Å². The summed E-state index contributed by atoms with van der Waals surface area (Å²) in [4.78, 5) is 24.4. The van der Waals surface area contributed by atoms with Gasteiger partial charge in [-0.15, -0.1) is 0 Å². The minimum absolute atomic E-state index is 0.194. The Hall–Kier alpha value is -2.57. The van der Waals surface area contributed by atoms with E-state index in [1.807, 2.05) is 0 Å². The molecule has 7 heteroatoms. The molecular weight excluding hydrogens is 346 g/mol. The molecule has 2 aromatic carbocycles. The van der Waals surface area contributed by atoms with E-state index in [4.69, 9.17) is 21.1 Å². The summed E-state index contributed by atoms with van der Waals surface area (Å²) in [6, 6.07) is 11.6. The molecule has 0 spiro atoms. The van der Waals surface area contributed by atoms with Crippen LogP contribution in [0.1, 0.15) is 22.0 Å². The summed E-state index contributed by atoms with van der Waals surface area (Å²) in [7, 11) is 2.70. The molecule has 2 aromatic rings. The molecule has 0 aliphatic rings.